The third kappa shape index (κ3) is 2.75. The van der Waals surface area contributed by atoms with Crippen molar-refractivity contribution in [3.8, 4) is 5.88 Å². The highest BCUT2D eigenvalue weighted by atomic mass is 16.5. The summed E-state index contributed by atoms with van der Waals surface area (Å²) in [5.41, 5.74) is 0.722. The molecule has 1 aliphatic rings. The van der Waals surface area contributed by atoms with Gasteiger partial charge in [-0.3, -0.25) is 4.79 Å². The molecule has 0 spiro atoms. The molecule has 2 heterocycles. The molecule has 0 N–H and O–H groups in total. The number of ether oxygens (including phenoxy) is 1. The molecular weight excluding hydrogens is 288 g/mol. The lowest BCUT2D eigenvalue weighted by Crippen LogP contribution is -2.56. The van der Waals surface area contributed by atoms with E-state index in [9.17, 15) is 4.79 Å². The van der Waals surface area contributed by atoms with Crippen LogP contribution in [0.5, 0.6) is 5.88 Å². The predicted octanol–water partition coefficient (Wildman–Crippen LogP) is 3.14. The summed E-state index contributed by atoms with van der Waals surface area (Å²) in [4.78, 5) is 18.5. The van der Waals surface area contributed by atoms with E-state index >= 15 is 0 Å². The van der Waals surface area contributed by atoms with E-state index in [0.717, 1.165) is 16.3 Å². The zero-order valence-electron chi connectivity index (χ0n) is 12.6. The van der Waals surface area contributed by atoms with E-state index < -0.39 is 0 Å². The van der Waals surface area contributed by atoms with Crippen molar-refractivity contribution in [1.29, 1.82) is 0 Å². The van der Waals surface area contributed by atoms with Gasteiger partial charge in [0, 0.05) is 17.8 Å². The minimum Gasteiger partial charge on any atom is -0.471 e. The van der Waals surface area contributed by atoms with Gasteiger partial charge in [-0.25, -0.2) is 4.98 Å². The molecule has 1 aromatic heterocycles. The molecule has 4 rings (SSSR count). The van der Waals surface area contributed by atoms with Gasteiger partial charge in [-0.05, 0) is 29.0 Å². The van der Waals surface area contributed by atoms with Gasteiger partial charge in [-0.1, -0.05) is 36.4 Å². The molecule has 0 aliphatic carbocycles. The van der Waals surface area contributed by atoms with Crippen LogP contribution in [0.3, 0.4) is 0 Å². The Morgan fingerprint density at radius 3 is 2.57 bits per heavy atom. The number of carbonyl (C=O) groups excluding carboxylic acids is 1. The van der Waals surface area contributed by atoms with Crippen molar-refractivity contribution in [2.24, 2.45) is 0 Å². The quantitative estimate of drug-likeness (QED) is 0.746. The topological polar surface area (TPSA) is 42.4 Å². The van der Waals surface area contributed by atoms with E-state index in [2.05, 4.69) is 4.98 Å². The monoisotopic (exact) mass is 304 g/mol. The number of rotatable bonds is 3. The van der Waals surface area contributed by atoms with Gasteiger partial charge in [0.05, 0.1) is 13.1 Å². The lowest BCUT2D eigenvalue weighted by molar-refractivity contribution is 0.0160. The molecule has 0 bridgehead atoms. The minimum absolute atomic E-state index is 0.0225. The van der Waals surface area contributed by atoms with Crippen molar-refractivity contribution >= 4 is 16.7 Å². The second-order valence-corrected chi connectivity index (χ2v) is 5.68. The maximum absolute atomic E-state index is 12.5. The normalized spacial score (nSPS) is 14.5. The Balaban J connectivity index is 1.42. The molecule has 2 aromatic carbocycles. The average molecular weight is 304 g/mol. The summed E-state index contributed by atoms with van der Waals surface area (Å²) in [6.45, 7) is 1.20. The van der Waals surface area contributed by atoms with E-state index in [1.165, 1.54) is 0 Å². The molecular formula is C19H16N2O2. The van der Waals surface area contributed by atoms with E-state index in [1.54, 1.807) is 11.1 Å². The Labute approximate surface area is 134 Å². The lowest BCUT2D eigenvalue weighted by Gasteiger charge is -2.38. The Bertz CT molecular complexity index is 842. The van der Waals surface area contributed by atoms with Crippen molar-refractivity contribution in [3.63, 3.8) is 0 Å². The molecule has 1 fully saturated rings. The standard InChI is InChI=1S/C19H16N2O2/c22-19(16-9-8-14-5-1-2-6-15(14)11-16)21-12-17(13-21)23-18-7-3-4-10-20-18/h1-11,17H,12-13H2. The fourth-order valence-electron chi connectivity index (χ4n) is 2.77. The number of pyridine rings is 1. The first-order valence-corrected chi connectivity index (χ1v) is 7.65. The number of hydrogen-bond acceptors (Lipinski definition) is 3. The summed E-state index contributed by atoms with van der Waals surface area (Å²) in [7, 11) is 0. The second kappa shape index (κ2) is 5.72. The number of likely N-dealkylation sites (tertiary alicyclic amines) is 1. The number of carbonyl (C=O) groups is 1. The van der Waals surface area contributed by atoms with Gasteiger partial charge < -0.3 is 9.64 Å². The van der Waals surface area contributed by atoms with Crippen LogP contribution in [0.4, 0.5) is 0 Å². The van der Waals surface area contributed by atoms with Crippen LogP contribution in [0, 0.1) is 0 Å². The number of nitrogens with zero attached hydrogens (tertiary/aromatic N) is 2. The Hall–Kier alpha value is -2.88. The summed E-state index contributed by atoms with van der Waals surface area (Å²) in [6.07, 6.45) is 1.72. The van der Waals surface area contributed by atoms with Crippen LogP contribution >= 0.6 is 0 Å². The molecule has 4 nitrogen and oxygen atoms in total. The highest BCUT2D eigenvalue weighted by molar-refractivity contribution is 5.99. The highest BCUT2D eigenvalue weighted by Gasteiger charge is 2.33. The summed E-state index contributed by atoms with van der Waals surface area (Å²) >= 11 is 0. The van der Waals surface area contributed by atoms with Gasteiger partial charge in [0.2, 0.25) is 5.88 Å². The van der Waals surface area contributed by atoms with Crippen LogP contribution in [0.2, 0.25) is 0 Å². The van der Waals surface area contributed by atoms with Crippen LogP contribution in [-0.2, 0) is 0 Å². The molecule has 0 saturated carbocycles. The Morgan fingerprint density at radius 1 is 1.00 bits per heavy atom. The van der Waals surface area contributed by atoms with Gasteiger partial charge >= 0.3 is 0 Å². The zero-order valence-corrected chi connectivity index (χ0v) is 12.6. The van der Waals surface area contributed by atoms with Crippen molar-refractivity contribution in [3.05, 3.63) is 72.4 Å². The molecule has 23 heavy (non-hydrogen) atoms. The van der Waals surface area contributed by atoms with Crippen molar-refractivity contribution in [1.82, 2.24) is 9.88 Å². The molecule has 114 valence electrons. The van der Waals surface area contributed by atoms with Crippen LogP contribution in [-0.4, -0.2) is 35.0 Å². The largest absolute Gasteiger partial charge is 0.471 e. The summed E-state index contributed by atoms with van der Waals surface area (Å²) in [5.74, 6) is 0.659. The molecule has 1 aliphatic heterocycles. The predicted molar refractivity (Wildman–Crippen MR) is 88.5 cm³/mol. The summed E-state index contributed by atoms with van der Waals surface area (Å²) < 4.78 is 5.73. The second-order valence-electron chi connectivity index (χ2n) is 5.68. The maximum atomic E-state index is 12.5. The van der Waals surface area contributed by atoms with E-state index in [4.69, 9.17) is 4.74 Å². The number of hydrogen-bond donors (Lipinski definition) is 0. The molecule has 0 atom stereocenters. The van der Waals surface area contributed by atoms with Crippen LogP contribution in [0.15, 0.2) is 66.9 Å². The molecule has 1 saturated heterocycles. The van der Waals surface area contributed by atoms with Crippen LogP contribution < -0.4 is 4.74 Å². The van der Waals surface area contributed by atoms with E-state index in [-0.39, 0.29) is 12.0 Å². The van der Waals surface area contributed by atoms with Gasteiger partial charge in [0.25, 0.3) is 5.91 Å². The lowest BCUT2D eigenvalue weighted by atomic mass is 10.0. The van der Waals surface area contributed by atoms with E-state index in [1.807, 2.05) is 60.7 Å². The van der Waals surface area contributed by atoms with Gasteiger partial charge in [0.1, 0.15) is 6.10 Å². The number of amides is 1. The van der Waals surface area contributed by atoms with Gasteiger partial charge in [0.15, 0.2) is 0 Å². The SMILES string of the molecule is O=C(c1ccc2ccccc2c1)N1CC(Oc2ccccn2)C1. The van der Waals surface area contributed by atoms with Gasteiger partial charge in [-0.2, -0.15) is 0 Å². The fourth-order valence-corrected chi connectivity index (χ4v) is 2.77. The molecule has 0 radical (unpaired) electrons. The third-order valence-corrected chi connectivity index (χ3v) is 4.06. The fraction of sp³-hybridized carbons (Fsp3) is 0.158. The first kappa shape index (κ1) is 13.8. The molecule has 4 heteroatoms. The summed E-state index contributed by atoms with van der Waals surface area (Å²) in [5, 5.41) is 2.23. The van der Waals surface area contributed by atoms with Crippen LogP contribution in [0.1, 0.15) is 10.4 Å². The molecule has 0 unspecified atom stereocenters. The Morgan fingerprint density at radius 2 is 1.78 bits per heavy atom. The number of fused-ring (bicyclic) bond motifs is 1. The van der Waals surface area contributed by atoms with Crippen molar-refractivity contribution in [2.45, 2.75) is 6.10 Å². The minimum atomic E-state index is 0.0225. The van der Waals surface area contributed by atoms with Gasteiger partial charge in [-0.15, -0.1) is 0 Å². The maximum Gasteiger partial charge on any atom is 0.254 e. The smallest absolute Gasteiger partial charge is 0.254 e. The average Bonchev–Trinajstić information content (AvgIpc) is 2.57. The number of benzene rings is 2. The number of aromatic nitrogens is 1. The van der Waals surface area contributed by atoms with Crippen LogP contribution in [0.25, 0.3) is 10.8 Å². The highest BCUT2D eigenvalue weighted by Crippen LogP contribution is 2.21. The first-order chi connectivity index (χ1) is 11.3. The van der Waals surface area contributed by atoms with Crippen molar-refractivity contribution < 1.29 is 9.53 Å². The van der Waals surface area contributed by atoms with E-state index in [0.29, 0.717) is 19.0 Å². The third-order valence-electron chi connectivity index (χ3n) is 4.06. The first-order valence-electron chi connectivity index (χ1n) is 7.65. The summed E-state index contributed by atoms with van der Waals surface area (Å²) in [6, 6.07) is 19.4. The van der Waals surface area contributed by atoms with Crippen molar-refractivity contribution in [2.75, 3.05) is 13.1 Å². The molecule has 1 amide bonds. The Kier molecular flexibility index (Phi) is 3.42. The zero-order chi connectivity index (χ0) is 15.6. The molecule has 3 aromatic rings.